The van der Waals surface area contributed by atoms with Crippen LogP contribution in [0, 0.1) is 12.4 Å². The molecule has 1 fully saturated rings. The highest BCUT2D eigenvalue weighted by Gasteiger charge is 2.25. The maximum Gasteiger partial charge on any atom is 0.338 e. The molecule has 12 heteroatoms. The second kappa shape index (κ2) is 15.3. The van der Waals surface area contributed by atoms with Crippen LogP contribution in [-0.2, 0) is 51.5 Å². The van der Waals surface area contributed by atoms with Crippen LogP contribution in [0.1, 0.15) is 44.9 Å². The zero-order valence-electron chi connectivity index (χ0n) is 28.4. The molecule has 11 nitrogen and oxygen atoms in total. The Hall–Kier alpha value is -5.35. The van der Waals surface area contributed by atoms with Crippen LogP contribution in [0.25, 0.3) is 27.1 Å². The van der Waals surface area contributed by atoms with Crippen molar-refractivity contribution in [2.75, 3.05) is 40.6 Å². The summed E-state index contributed by atoms with van der Waals surface area (Å²) in [5, 5.41) is 0. The van der Waals surface area contributed by atoms with E-state index in [9.17, 15) is 4.79 Å². The van der Waals surface area contributed by atoms with Crippen LogP contribution in [0.5, 0.6) is 11.6 Å². The number of pyridine rings is 1. The minimum Gasteiger partial charge on any atom is -0.489 e. The minimum atomic E-state index is -0.486. The minimum absolute atomic E-state index is 0.000627. The normalized spacial score (nSPS) is 15.5. The third-order valence-corrected chi connectivity index (χ3v) is 9.16. The Morgan fingerprint density at radius 3 is 2.67 bits per heavy atom. The molecule has 0 saturated carbocycles. The fraction of sp³-hybridized carbons (Fsp3) is 0.333. The van der Waals surface area contributed by atoms with E-state index in [1.54, 1.807) is 25.3 Å². The van der Waals surface area contributed by atoms with E-state index in [0.29, 0.717) is 73.2 Å². The van der Waals surface area contributed by atoms with E-state index in [1.165, 1.54) is 19.2 Å². The van der Waals surface area contributed by atoms with Gasteiger partial charge in [0.2, 0.25) is 5.88 Å². The smallest absolute Gasteiger partial charge is 0.338 e. The van der Waals surface area contributed by atoms with Crippen LogP contribution < -0.4 is 9.47 Å². The van der Waals surface area contributed by atoms with Gasteiger partial charge in [-0.1, -0.05) is 30.3 Å². The Kier molecular flexibility index (Phi) is 10.2. The van der Waals surface area contributed by atoms with Gasteiger partial charge in [-0.2, -0.15) is 0 Å². The molecule has 51 heavy (non-hydrogen) atoms. The molecule has 0 spiro atoms. The highest BCUT2D eigenvalue weighted by molar-refractivity contribution is 5.96. The molecule has 4 heterocycles. The van der Waals surface area contributed by atoms with E-state index >= 15 is 4.39 Å². The van der Waals surface area contributed by atoms with Gasteiger partial charge < -0.3 is 33.0 Å². The average molecular weight is 693 g/mol. The zero-order chi connectivity index (χ0) is 35.3. The lowest BCUT2D eigenvalue weighted by molar-refractivity contribution is -0.0589. The maximum absolute atomic E-state index is 15.3. The van der Waals surface area contributed by atoms with E-state index in [0.717, 1.165) is 40.0 Å². The lowest BCUT2D eigenvalue weighted by atomic mass is 9.99. The number of aromatic nitrogens is 3. The van der Waals surface area contributed by atoms with Gasteiger partial charge >= 0.3 is 5.97 Å². The third kappa shape index (κ3) is 7.42. The number of methoxy groups -OCH3 is 2. The molecule has 1 saturated heterocycles. The van der Waals surface area contributed by atoms with E-state index in [4.69, 9.17) is 40.0 Å². The Labute approximate surface area is 294 Å². The van der Waals surface area contributed by atoms with Crippen LogP contribution in [0.2, 0.25) is 0 Å². The first-order valence-corrected chi connectivity index (χ1v) is 16.8. The van der Waals surface area contributed by atoms with Gasteiger partial charge in [-0.25, -0.2) is 24.0 Å². The number of rotatable bonds is 9. The monoisotopic (exact) mass is 692 g/mol. The van der Waals surface area contributed by atoms with Crippen molar-refractivity contribution in [2.24, 2.45) is 0 Å². The summed E-state index contributed by atoms with van der Waals surface area (Å²) in [4.78, 5) is 25.9. The zero-order valence-corrected chi connectivity index (χ0v) is 28.4. The molecule has 4 bridgehead atoms. The number of benzene rings is 3. The molecule has 1 atom stereocenters. The van der Waals surface area contributed by atoms with Gasteiger partial charge in [-0.15, -0.1) is 0 Å². The Balaban J connectivity index is 1.29. The first-order valence-electron chi connectivity index (χ1n) is 16.8. The number of ether oxygens (including phenoxy) is 6. The largest absolute Gasteiger partial charge is 0.489 e. The van der Waals surface area contributed by atoms with Crippen LogP contribution in [-0.4, -0.2) is 67.3 Å². The van der Waals surface area contributed by atoms with Crippen molar-refractivity contribution in [3.05, 3.63) is 112 Å². The summed E-state index contributed by atoms with van der Waals surface area (Å²) in [5.74, 6) is 0.529. The molecule has 3 aromatic carbocycles. The summed E-state index contributed by atoms with van der Waals surface area (Å²) >= 11 is 0. The number of esters is 1. The fourth-order valence-corrected chi connectivity index (χ4v) is 6.32. The molecule has 0 amide bonds. The number of hydrogen-bond donors (Lipinski definition) is 0. The summed E-state index contributed by atoms with van der Waals surface area (Å²) < 4.78 is 51.8. The van der Waals surface area contributed by atoms with Crippen molar-refractivity contribution in [2.45, 2.75) is 45.1 Å². The molecular formula is C39H37FN4O7. The molecule has 0 aliphatic carbocycles. The Morgan fingerprint density at radius 1 is 1.00 bits per heavy atom. The lowest BCUT2D eigenvalue weighted by Gasteiger charge is -2.27. The lowest BCUT2D eigenvalue weighted by Crippen LogP contribution is -2.31. The van der Waals surface area contributed by atoms with Crippen LogP contribution in [0.3, 0.4) is 0 Å². The molecular weight excluding hydrogens is 655 g/mol. The molecule has 2 aliphatic heterocycles. The molecule has 0 N–H and O–H groups in total. The molecule has 2 aliphatic rings. The van der Waals surface area contributed by atoms with Gasteiger partial charge in [-0.05, 0) is 59.4 Å². The van der Waals surface area contributed by atoms with Crippen molar-refractivity contribution in [3.8, 4) is 22.9 Å². The SMILES string of the molecule is [C-]#[N+]c1ccc2c(c1)CCOCc1cc(ccc1Cc1nc3c(OCCOC)cc(C(=O)OC)cc3n1C[C@@H]1CCO1)-c1nc(ccc1F)OC2. The Morgan fingerprint density at radius 2 is 1.88 bits per heavy atom. The third-order valence-electron chi connectivity index (χ3n) is 9.16. The predicted octanol–water partition coefficient (Wildman–Crippen LogP) is 6.63. The molecule has 0 unspecified atom stereocenters. The van der Waals surface area contributed by atoms with Crippen molar-refractivity contribution < 1.29 is 37.6 Å². The number of carbonyl (C=O) groups is 1. The van der Waals surface area contributed by atoms with Crippen molar-refractivity contribution in [3.63, 3.8) is 0 Å². The molecule has 5 aromatic rings. The van der Waals surface area contributed by atoms with Crippen LogP contribution >= 0.6 is 0 Å². The van der Waals surface area contributed by atoms with Crippen molar-refractivity contribution >= 4 is 22.7 Å². The van der Waals surface area contributed by atoms with Crippen LogP contribution in [0.4, 0.5) is 10.1 Å². The number of halogens is 1. The van der Waals surface area contributed by atoms with Gasteiger partial charge in [0.25, 0.3) is 0 Å². The molecule has 262 valence electrons. The number of hydrogen-bond acceptors (Lipinski definition) is 9. The van der Waals surface area contributed by atoms with E-state index < -0.39 is 11.8 Å². The van der Waals surface area contributed by atoms with Gasteiger partial charge in [0, 0.05) is 31.8 Å². The summed E-state index contributed by atoms with van der Waals surface area (Å²) in [6, 6.07) is 17.5. The maximum atomic E-state index is 15.3. The van der Waals surface area contributed by atoms with Crippen molar-refractivity contribution in [1.29, 1.82) is 0 Å². The van der Waals surface area contributed by atoms with E-state index in [-0.39, 0.29) is 31.6 Å². The quantitative estimate of drug-likeness (QED) is 0.0956. The first kappa shape index (κ1) is 34.1. The standard InChI is InChI=1S/C39H37FN4O7/c1-41-30-7-6-27-23-51-36-9-8-32(40)37(43-36)26-5-4-24(29(16-26)22-48-12-10-25(27)17-30)20-35-42-38-33(44(35)21-31-11-13-49-31)18-28(39(45)47-3)19-34(38)50-15-14-46-2/h4-9,16-19,31H,10-15,20-23H2,2-3H3/t31-/m0/s1. The number of imidazole rings is 1. The van der Waals surface area contributed by atoms with Gasteiger partial charge in [-0.3, -0.25) is 0 Å². The average Bonchev–Trinajstić information content (AvgIpc) is 3.47. The Bertz CT molecular complexity index is 2120. The first-order chi connectivity index (χ1) is 24.9. The summed E-state index contributed by atoms with van der Waals surface area (Å²) in [7, 11) is 2.94. The van der Waals surface area contributed by atoms with Crippen LogP contribution in [0.15, 0.2) is 60.7 Å². The second-order valence-electron chi connectivity index (χ2n) is 12.4. The fourth-order valence-electron chi connectivity index (χ4n) is 6.32. The molecule has 2 aromatic heterocycles. The van der Waals surface area contributed by atoms with Crippen molar-refractivity contribution in [1.82, 2.24) is 14.5 Å². The number of nitrogens with zero attached hydrogens (tertiary/aromatic N) is 4. The topological polar surface area (TPSA) is 108 Å². The highest BCUT2D eigenvalue weighted by Crippen LogP contribution is 2.33. The van der Waals surface area contributed by atoms with E-state index in [2.05, 4.69) is 14.4 Å². The van der Waals surface area contributed by atoms with Gasteiger partial charge in [0.15, 0.2) is 5.69 Å². The molecule has 0 radical (unpaired) electrons. The molecule has 7 rings (SSSR count). The van der Waals surface area contributed by atoms with E-state index in [1.807, 2.05) is 30.3 Å². The number of fused-ring (bicyclic) bond motifs is 7. The van der Waals surface area contributed by atoms with Gasteiger partial charge in [0.1, 0.15) is 41.8 Å². The summed E-state index contributed by atoms with van der Waals surface area (Å²) in [5.41, 5.74) is 6.59. The summed E-state index contributed by atoms with van der Waals surface area (Å²) in [6.45, 7) is 10.2. The highest BCUT2D eigenvalue weighted by atomic mass is 19.1. The van der Waals surface area contributed by atoms with Gasteiger partial charge in [0.05, 0.1) is 57.2 Å². The predicted molar refractivity (Wildman–Crippen MR) is 186 cm³/mol. The summed E-state index contributed by atoms with van der Waals surface area (Å²) in [6.07, 6.45) is 1.88. The number of carbonyl (C=O) groups excluding carboxylic acids is 1. The second-order valence-corrected chi connectivity index (χ2v) is 12.4.